The number of amides is 1. The largest absolute Gasteiger partial charge is 0.347 e. The van der Waals surface area contributed by atoms with Crippen molar-refractivity contribution in [1.29, 1.82) is 0 Å². The molecule has 0 fully saturated rings. The molecule has 0 aliphatic carbocycles. The number of aryl methyl sites for hydroxylation is 1. The highest BCUT2D eigenvalue weighted by molar-refractivity contribution is 6.03. The van der Waals surface area contributed by atoms with Crippen molar-refractivity contribution in [2.45, 2.75) is 0 Å². The van der Waals surface area contributed by atoms with Gasteiger partial charge in [0.15, 0.2) is 0 Å². The van der Waals surface area contributed by atoms with E-state index in [4.69, 9.17) is 0 Å². The third-order valence-electron chi connectivity index (χ3n) is 2.58. The average molecular weight is 263 g/mol. The van der Waals surface area contributed by atoms with Gasteiger partial charge in [-0.1, -0.05) is 0 Å². The molecule has 0 aliphatic heterocycles. The van der Waals surface area contributed by atoms with Gasteiger partial charge in [-0.15, -0.1) is 0 Å². The predicted octanol–water partition coefficient (Wildman–Crippen LogP) is 2.32. The summed E-state index contributed by atoms with van der Waals surface area (Å²) in [5, 5.41) is 12.9. The number of benzene rings is 1. The average Bonchev–Trinajstić information content (AvgIpc) is 2.75. The van der Waals surface area contributed by atoms with Crippen LogP contribution in [0.25, 0.3) is 0 Å². The highest BCUT2D eigenvalue weighted by Crippen LogP contribution is 2.21. The van der Waals surface area contributed by atoms with Crippen molar-refractivity contribution in [2.75, 3.05) is 5.32 Å². The van der Waals surface area contributed by atoms with E-state index >= 15 is 0 Å². The Morgan fingerprint density at radius 1 is 1.42 bits per heavy atom. The highest BCUT2D eigenvalue weighted by Gasteiger charge is 2.15. The number of nitro groups is 1. The lowest BCUT2D eigenvalue weighted by Crippen LogP contribution is -2.15. The molecule has 19 heavy (non-hydrogen) atoms. The van der Waals surface area contributed by atoms with Crippen LogP contribution >= 0.6 is 0 Å². The lowest BCUT2D eigenvalue weighted by molar-refractivity contribution is -0.387. The lowest BCUT2D eigenvalue weighted by atomic mass is 10.2. The van der Waals surface area contributed by atoms with Crippen LogP contribution in [0.5, 0.6) is 0 Å². The van der Waals surface area contributed by atoms with E-state index in [2.05, 4.69) is 5.32 Å². The summed E-state index contributed by atoms with van der Waals surface area (Å²) in [5.41, 5.74) is -0.0649. The van der Waals surface area contributed by atoms with Crippen molar-refractivity contribution in [1.82, 2.24) is 4.57 Å². The topological polar surface area (TPSA) is 77.2 Å². The third-order valence-corrected chi connectivity index (χ3v) is 2.58. The summed E-state index contributed by atoms with van der Waals surface area (Å²) in [7, 11) is 1.70. The highest BCUT2D eigenvalue weighted by atomic mass is 19.1. The fourth-order valence-electron chi connectivity index (χ4n) is 1.62. The molecule has 0 spiro atoms. The van der Waals surface area contributed by atoms with Gasteiger partial charge in [0.25, 0.3) is 5.91 Å². The van der Waals surface area contributed by atoms with Crippen molar-refractivity contribution in [3.05, 3.63) is 58.2 Å². The van der Waals surface area contributed by atoms with Crippen LogP contribution in [0, 0.1) is 15.9 Å². The number of carbonyl (C=O) groups excluding carboxylic acids is 1. The van der Waals surface area contributed by atoms with Crippen molar-refractivity contribution in [2.24, 2.45) is 7.05 Å². The Kier molecular flexibility index (Phi) is 3.28. The summed E-state index contributed by atoms with van der Waals surface area (Å²) in [6.45, 7) is 0. The number of aromatic nitrogens is 1. The maximum atomic E-state index is 13.4. The molecule has 0 bridgehead atoms. The number of hydrogen-bond donors (Lipinski definition) is 1. The SMILES string of the molecule is Cn1cccc1C(=O)Nc1ccc([N+](=O)[O-])c(F)c1. The standard InChI is InChI=1S/C12H10FN3O3/c1-15-6-2-3-11(15)12(17)14-8-4-5-10(16(18)19)9(13)7-8/h2-7H,1H3,(H,14,17). The molecule has 1 amide bonds. The molecule has 0 saturated heterocycles. The van der Waals surface area contributed by atoms with E-state index in [0.717, 1.165) is 12.1 Å². The van der Waals surface area contributed by atoms with E-state index in [9.17, 15) is 19.3 Å². The number of halogens is 1. The van der Waals surface area contributed by atoms with Gasteiger partial charge in [-0.2, -0.15) is 4.39 Å². The summed E-state index contributed by atoms with van der Waals surface area (Å²) in [5.74, 6) is -1.41. The van der Waals surface area contributed by atoms with Crippen LogP contribution in [0.1, 0.15) is 10.5 Å². The summed E-state index contributed by atoms with van der Waals surface area (Å²) in [6.07, 6.45) is 1.70. The van der Waals surface area contributed by atoms with Gasteiger partial charge in [-0.3, -0.25) is 14.9 Å². The first-order valence-corrected chi connectivity index (χ1v) is 5.35. The molecule has 6 nitrogen and oxygen atoms in total. The fourth-order valence-corrected chi connectivity index (χ4v) is 1.62. The Hall–Kier alpha value is -2.70. The zero-order valence-electron chi connectivity index (χ0n) is 9.96. The van der Waals surface area contributed by atoms with E-state index < -0.39 is 22.3 Å². The summed E-state index contributed by atoms with van der Waals surface area (Å²) >= 11 is 0. The number of carbonyl (C=O) groups is 1. The maximum Gasteiger partial charge on any atom is 0.304 e. The quantitative estimate of drug-likeness (QED) is 0.682. The van der Waals surface area contributed by atoms with E-state index in [0.29, 0.717) is 5.69 Å². The molecule has 2 rings (SSSR count). The van der Waals surface area contributed by atoms with Crippen LogP contribution in [-0.4, -0.2) is 15.4 Å². The molecule has 7 heteroatoms. The molecule has 0 aliphatic rings. The maximum absolute atomic E-state index is 13.4. The van der Waals surface area contributed by atoms with E-state index in [1.807, 2.05) is 0 Å². The Balaban J connectivity index is 2.21. The Labute approximate surface area is 107 Å². The Bertz CT molecular complexity index is 651. The molecule has 98 valence electrons. The first-order valence-electron chi connectivity index (χ1n) is 5.35. The van der Waals surface area contributed by atoms with Gasteiger partial charge in [0.05, 0.1) is 4.92 Å². The van der Waals surface area contributed by atoms with Crippen molar-refractivity contribution in [3.63, 3.8) is 0 Å². The normalized spacial score (nSPS) is 10.2. The molecule has 0 unspecified atom stereocenters. The van der Waals surface area contributed by atoms with Crippen LogP contribution in [-0.2, 0) is 7.05 Å². The summed E-state index contributed by atoms with van der Waals surface area (Å²) in [6, 6.07) is 6.51. The molecular formula is C12H10FN3O3. The molecule has 1 N–H and O–H groups in total. The number of anilines is 1. The molecule has 2 aromatic rings. The molecular weight excluding hydrogens is 253 g/mol. The zero-order chi connectivity index (χ0) is 14.0. The first-order chi connectivity index (χ1) is 8.99. The zero-order valence-corrected chi connectivity index (χ0v) is 9.96. The van der Waals surface area contributed by atoms with Gasteiger partial charge in [0.1, 0.15) is 5.69 Å². The number of nitro benzene ring substituents is 1. The Morgan fingerprint density at radius 2 is 2.16 bits per heavy atom. The van der Waals surface area contributed by atoms with E-state index in [1.165, 1.54) is 6.07 Å². The second kappa shape index (κ2) is 4.89. The van der Waals surface area contributed by atoms with Gasteiger partial charge in [0, 0.05) is 31.1 Å². The van der Waals surface area contributed by atoms with Crippen molar-refractivity contribution in [3.8, 4) is 0 Å². The van der Waals surface area contributed by atoms with Gasteiger partial charge in [-0.25, -0.2) is 0 Å². The smallest absolute Gasteiger partial charge is 0.304 e. The van der Waals surface area contributed by atoms with Crippen LogP contribution in [0.2, 0.25) is 0 Å². The van der Waals surface area contributed by atoms with Crippen molar-refractivity contribution < 1.29 is 14.1 Å². The molecule has 0 atom stereocenters. The second-order valence-corrected chi connectivity index (χ2v) is 3.88. The molecule has 1 heterocycles. The van der Waals surface area contributed by atoms with Gasteiger partial charge in [-0.05, 0) is 18.2 Å². The second-order valence-electron chi connectivity index (χ2n) is 3.88. The van der Waals surface area contributed by atoms with E-state index in [1.54, 1.807) is 29.9 Å². The molecule has 0 saturated carbocycles. The lowest BCUT2D eigenvalue weighted by Gasteiger charge is -2.06. The minimum atomic E-state index is -0.991. The number of nitrogens with one attached hydrogen (secondary N) is 1. The van der Waals surface area contributed by atoms with Crippen LogP contribution in [0.15, 0.2) is 36.5 Å². The predicted molar refractivity (Wildman–Crippen MR) is 66.4 cm³/mol. The fraction of sp³-hybridized carbons (Fsp3) is 0.0833. The van der Waals surface area contributed by atoms with Crippen molar-refractivity contribution >= 4 is 17.3 Å². The minimum Gasteiger partial charge on any atom is -0.347 e. The molecule has 1 aromatic carbocycles. The monoisotopic (exact) mass is 263 g/mol. The number of nitrogens with zero attached hydrogens (tertiary/aromatic N) is 2. The molecule has 0 radical (unpaired) electrons. The number of rotatable bonds is 3. The van der Waals surface area contributed by atoms with Gasteiger partial charge < -0.3 is 9.88 Å². The number of hydrogen-bond acceptors (Lipinski definition) is 3. The first kappa shape index (κ1) is 12.7. The van der Waals surface area contributed by atoms with Crippen LogP contribution in [0.3, 0.4) is 0 Å². The third kappa shape index (κ3) is 2.59. The Morgan fingerprint density at radius 3 is 2.68 bits per heavy atom. The summed E-state index contributed by atoms with van der Waals surface area (Å²) < 4.78 is 15.0. The minimum absolute atomic E-state index is 0.161. The molecule has 1 aromatic heterocycles. The van der Waals surface area contributed by atoms with Gasteiger partial charge >= 0.3 is 5.69 Å². The summed E-state index contributed by atoms with van der Waals surface area (Å²) in [4.78, 5) is 21.5. The van der Waals surface area contributed by atoms with E-state index in [-0.39, 0.29) is 5.69 Å². The van der Waals surface area contributed by atoms with Crippen LogP contribution < -0.4 is 5.32 Å². The van der Waals surface area contributed by atoms with Crippen LogP contribution in [0.4, 0.5) is 15.8 Å². The van der Waals surface area contributed by atoms with Gasteiger partial charge in [0.2, 0.25) is 5.82 Å².